The van der Waals surface area contributed by atoms with Crippen molar-refractivity contribution in [2.75, 3.05) is 0 Å². The number of pyridine rings is 1. The van der Waals surface area contributed by atoms with E-state index >= 15 is 0 Å². The molecular weight excluding hydrogens is 348 g/mol. The maximum atomic E-state index is 12.3. The summed E-state index contributed by atoms with van der Waals surface area (Å²) in [6.45, 7) is 0. The van der Waals surface area contributed by atoms with Gasteiger partial charge >= 0.3 is 5.97 Å². The van der Waals surface area contributed by atoms with Crippen LogP contribution in [0.5, 0.6) is 0 Å². The van der Waals surface area contributed by atoms with Crippen LogP contribution in [0.15, 0.2) is 69.3 Å². The van der Waals surface area contributed by atoms with Gasteiger partial charge in [-0.1, -0.05) is 30.0 Å². The summed E-state index contributed by atoms with van der Waals surface area (Å²) < 4.78 is 0. The van der Waals surface area contributed by atoms with E-state index in [1.807, 2.05) is 48.5 Å². The van der Waals surface area contributed by atoms with Gasteiger partial charge in [0.25, 0.3) is 5.56 Å². The fourth-order valence-electron chi connectivity index (χ4n) is 3.10. The molecule has 5 nitrogen and oxygen atoms in total. The van der Waals surface area contributed by atoms with Crippen molar-refractivity contribution in [2.45, 2.75) is 22.6 Å². The number of aliphatic carboxylic acids is 1. The van der Waals surface area contributed by atoms with Gasteiger partial charge in [0.2, 0.25) is 0 Å². The SMILES string of the molecule is O=C(O)CCc1c[nH]c2c(=O)[nH]c3ccc(Sc4ccccc4)cc3c12. The van der Waals surface area contributed by atoms with Crippen LogP contribution in [-0.4, -0.2) is 21.0 Å². The molecule has 130 valence electrons. The molecule has 0 amide bonds. The third-order valence-corrected chi connectivity index (χ3v) is 5.28. The van der Waals surface area contributed by atoms with Crippen molar-refractivity contribution in [2.24, 2.45) is 0 Å². The summed E-state index contributed by atoms with van der Waals surface area (Å²) in [5, 5.41) is 10.7. The first-order chi connectivity index (χ1) is 12.6. The second-order valence-electron chi connectivity index (χ2n) is 6.03. The topological polar surface area (TPSA) is 85.9 Å². The van der Waals surface area contributed by atoms with Gasteiger partial charge in [-0.15, -0.1) is 0 Å². The van der Waals surface area contributed by atoms with Gasteiger partial charge in [0.1, 0.15) is 5.52 Å². The Morgan fingerprint density at radius 3 is 2.65 bits per heavy atom. The van der Waals surface area contributed by atoms with Crippen LogP contribution in [0.3, 0.4) is 0 Å². The van der Waals surface area contributed by atoms with Crippen molar-refractivity contribution in [1.29, 1.82) is 0 Å². The van der Waals surface area contributed by atoms with Crippen LogP contribution in [0, 0.1) is 0 Å². The highest BCUT2D eigenvalue weighted by atomic mass is 32.2. The first kappa shape index (κ1) is 16.5. The number of nitrogens with one attached hydrogen (secondary N) is 2. The van der Waals surface area contributed by atoms with Gasteiger partial charge in [0.05, 0.1) is 0 Å². The third-order valence-electron chi connectivity index (χ3n) is 4.28. The molecule has 0 saturated carbocycles. The quantitative estimate of drug-likeness (QED) is 0.496. The Labute approximate surface area is 153 Å². The van der Waals surface area contributed by atoms with Crippen LogP contribution in [0.4, 0.5) is 0 Å². The lowest BCUT2D eigenvalue weighted by Crippen LogP contribution is -2.06. The van der Waals surface area contributed by atoms with E-state index in [1.54, 1.807) is 18.0 Å². The highest BCUT2D eigenvalue weighted by Gasteiger charge is 2.13. The van der Waals surface area contributed by atoms with Crippen molar-refractivity contribution in [3.05, 3.63) is 70.6 Å². The third kappa shape index (κ3) is 3.11. The maximum Gasteiger partial charge on any atom is 0.303 e. The summed E-state index contributed by atoms with van der Waals surface area (Å²) in [7, 11) is 0. The highest BCUT2D eigenvalue weighted by Crippen LogP contribution is 2.32. The van der Waals surface area contributed by atoms with Gasteiger partial charge in [0.15, 0.2) is 0 Å². The van der Waals surface area contributed by atoms with Gasteiger partial charge in [0, 0.05) is 38.7 Å². The average molecular weight is 364 g/mol. The van der Waals surface area contributed by atoms with Gasteiger partial charge < -0.3 is 15.1 Å². The molecule has 0 aliphatic heterocycles. The molecule has 3 N–H and O–H groups in total. The second kappa shape index (κ2) is 6.72. The van der Waals surface area contributed by atoms with E-state index < -0.39 is 5.97 Å². The summed E-state index contributed by atoms with van der Waals surface area (Å²) in [5.41, 5.74) is 1.88. The summed E-state index contributed by atoms with van der Waals surface area (Å²) >= 11 is 1.65. The Kier molecular flexibility index (Phi) is 4.26. The molecule has 26 heavy (non-hydrogen) atoms. The molecule has 6 heteroatoms. The zero-order valence-electron chi connectivity index (χ0n) is 13.8. The zero-order chi connectivity index (χ0) is 18.1. The lowest BCUT2D eigenvalue weighted by atomic mass is 10.0. The van der Waals surface area contributed by atoms with Crippen molar-refractivity contribution < 1.29 is 9.90 Å². The van der Waals surface area contributed by atoms with Crippen LogP contribution < -0.4 is 5.56 Å². The Hall–Kier alpha value is -2.99. The zero-order valence-corrected chi connectivity index (χ0v) is 14.6. The minimum atomic E-state index is -0.853. The number of aromatic nitrogens is 2. The molecule has 2 aromatic heterocycles. The van der Waals surface area contributed by atoms with E-state index in [2.05, 4.69) is 9.97 Å². The summed E-state index contributed by atoms with van der Waals surface area (Å²) in [6.07, 6.45) is 2.14. The molecule has 0 saturated heterocycles. The molecule has 0 spiro atoms. The molecule has 0 fully saturated rings. The van der Waals surface area contributed by atoms with Crippen LogP contribution in [0.25, 0.3) is 21.8 Å². The van der Waals surface area contributed by atoms with Crippen LogP contribution in [0.1, 0.15) is 12.0 Å². The Morgan fingerprint density at radius 1 is 1.08 bits per heavy atom. The standard InChI is InChI=1S/C20H16N2O3S/c23-17(24)9-6-12-11-21-19-18(12)15-10-14(7-8-16(15)22-20(19)25)26-13-4-2-1-3-5-13/h1-5,7-8,10-11,21H,6,9H2,(H,22,25)(H,23,24). The fraction of sp³-hybridized carbons (Fsp3) is 0.100. The van der Waals surface area contributed by atoms with E-state index in [1.165, 1.54) is 0 Å². The van der Waals surface area contributed by atoms with E-state index in [0.29, 0.717) is 11.9 Å². The number of hydrogen-bond acceptors (Lipinski definition) is 3. The van der Waals surface area contributed by atoms with Crippen LogP contribution in [0.2, 0.25) is 0 Å². The molecule has 0 unspecified atom stereocenters. The number of carbonyl (C=O) groups is 1. The number of benzene rings is 2. The van der Waals surface area contributed by atoms with Gasteiger partial charge in [-0.05, 0) is 42.3 Å². The molecule has 0 aliphatic rings. The largest absolute Gasteiger partial charge is 0.481 e. The molecule has 0 atom stereocenters. The average Bonchev–Trinajstić information content (AvgIpc) is 3.06. The number of carboxylic acids is 1. The van der Waals surface area contributed by atoms with Crippen LogP contribution in [-0.2, 0) is 11.2 Å². The number of rotatable bonds is 5. The molecule has 2 heterocycles. The summed E-state index contributed by atoms with van der Waals surface area (Å²) in [6, 6.07) is 16.0. The molecule has 0 radical (unpaired) electrons. The van der Waals surface area contributed by atoms with Crippen LogP contribution >= 0.6 is 11.8 Å². The van der Waals surface area contributed by atoms with Crippen molar-refractivity contribution in [3.63, 3.8) is 0 Å². The minimum Gasteiger partial charge on any atom is -0.481 e. The lowest BCUT2D eigenvalue weighted by molar-refractivity contribution is -0.136. The van der Waals surface area contributed by atoms with Crippen molar-refractivity contribution >= 4 is 39.5 Å². The van der Waals surface area contributed by atoms with Gasteiger partial charge in [-0.2, -0.15) is 0 Å². The Bertz CT molecular complexity index is 1160. The number of aryl methyl sites for hydroxylation is 1. The van der Waals surface area contributed by atoms with Crippen molar-refractivity contribution in [3.8, 4) is 0 Å². The monoisotopic (exact) mass is 364 g/mol. The molecule has 0 bridgehead atoms. The maximum absolute atomic E-state index is 12.3. The van der Waals surface area contributed by atoms with Gasteiger partial charge in [-0.25, -0.2) is 0 Å². The lowest BCUT2D eigenvalue weighted by Gasteiger charge is -2.06. The Balaban J connectivity index is 1.85. The first-order valence-electron chi connectivity index (χ1n) is 8.22. The van der Waals surface area contributed by atoms with Crippen molar-refractivity contribution in [1.82, 2.24) is 9.97 Å². The summed E-state index contributed by atoms with van der Waals surface area (Å²) in [4.78, 5) is 31.3. The molecule has 2 aromatic carbocycles. The fourth-order valence-corrected chi connectivity index (χ4v) is 3.98. The summed E-state index contributed by atoms with van der Waals surface area (Å²) in [5.74, 6) is -0.853. The highest BCUT2D eigenvalue weighted by molar-refractivity contribution is 7.99. The first-order valence-corrected chi connectivity index (χ1v) is 9.04. The number of H-pyrrole nitrogens is 2. The second-order valence-corrected chi connectivity index (χ2v) is 7.18. The van der Waals surface area contributed by atoms with E-state index in [9.17, 15) is 9.59 Å². The van der Waals surface area contributed by atoms with E-state index in [-0.39, 0.29) is 12.0 Å². The molecule has 0 aliphatic carbocycles. The molecule has 4 aromatic rings. The number of carboxylic acid groups (broad SMARTS) is 1. The Morgan fingerprint density at radius 2 is 1.88 bits per heavy atom. The predicted octanol–water partition coefficient (Wildman–Crippen LogP) is 4.18. The van der Waals surface area contributed by atoms with E-state index in [4.69, 9.17) is 5.11 Å². The number of hydrogen-bond donors (Lipinski definition) is 3. The smallest absolute Gasteiger partial charge is 0.303 e. The minimum absolute atomic E-state index is 0.0275. The normalized spacial score (nSPS) is 11.2. The van der Waals surface area contributed by atoms with E-state index in [0.717, 1.165) is 31.6 Å². The van der Waals surface area contributed by atoms with Gasteiger partial charge in [-0.3, -0.25) is 9.59 Å². The number of fused-ring (bicyclic) bond motifs is 3. The molecular formula is C20H16N2O3S. The number of aromatic amines is 2. The molecule has 4 rings (SSSR count). The predicted molar refractivity (Wildman–Crippen MR) is 103 cm³/mol.